The van der Waals surface area contributed by atoms with Gasteiger partial charge in [0.2, 0.25) is 0 Å². The van der Waals surface area contributed by atoms with Gasteiger partial charge in [-0.05, 0) is 24.1 Å². The van der Waals surface area contributed by atoms with E-state index in [1.165, 1.54) is 11.3 Å². The highest BCUT2D eigenvalue weighted by Gasteiger charge is 2.12. The normalized spacial score (nSPS) is 12.8. The van der Waals surface area contributed by atoms with E-state index < -0.39 is 12.0 Å². The first-order chi connectivity index (χ1) is 7.56. The van der Waals surface area contributed by atoms with Gasteiger partial charge in [0.25, 0.3) is 0 Å². The number of carbonyl (C=O) groups is 1. The zero-order chi connectivity index (χ0) is 11.7. The summed E-state index contributed by atoms with van der Waals surface area (Å²) in [4.78, 5) is 14.7. The van der Waals surface area contributed by atoms with Gasteiger partial charge in [0.15, 0.2) is 5.13 Å². The average Bonchev–Trinajstić information content (AvgIpc) is 2.57. The number of nitrogens with two attached hydrogens (primary N) is 2. The second-order valence-corrected chi connectivity index (χ2v) is 4.57. The number of anilines is 1. The number of carboxylic acids is 1. The van der Waals surface area contributed by atoms with E-state index in [1.807, 2.05) is 18.2 Å². The van der Waals surface area contributed by atoms with Crippen LogP contribution in [0.15, 0.2) is 18.2 Å². The van der Waals surface area contributed by atoms with Gasteiger partial charge in [-0.15, -0.1) is 0 Å². The molecule has 0 saturated heterocycles. The monoisotopic (exact) mass is 237 g/mol. The summed E-state index contributed by atoms with van der Waals surface area (Å²) in [5, 5.41) is 9.21. The fourth-order valence-corrected chi connectivity index (χ4v) is 2.25. The van der Waals surface area contributed by atoms with Crippen molar-refractivity contribution in [1.82, 2.24) is 4.98 Å². The lowest BCUT2D eigenvalue weighted by molar-refractivity contribution is -0.138. The zero-order valence-corrected chi connectivity index (χ0v) is 9.20. The van der Waals surface area contributed by atoms with E-state index in [0.29, 0.717) is 11.6 Å². The molecule has 1 aromatic carbocycles. The Balaban J connectivity index is 2.28. The number of thiazole rings is 1. The number of nitrogen functional groups attached to an aromatic ring is 1. The number of rotatable bonds is 3. The molecule has 1 aromatic heterocycles. The molecular weight excluding hydrogens is 226 g/mol. The third kappa shape index (κ3) is 2.12. The molecule has 0 saturated carbocycles. The van der Waals surface area contributed by atoms with Gasteiger partial charge >= 0.3 is 5.97 Å². The number of benzene rings is 1. The lowest BCUT2D eigenvalue weighted by Gasteiger charge is -2.05. The number of carboxylic acid groups (broad SMARTS) is 1. The predicted molar refractivity (Wildman–Crippen MR) is 63.3 cm³/mol. The number of hydrogen-bond acceptors (Lipinski definition) is 5. The van der Waals surface area contributed by atoms with Gasteiger partial charge in [0.05, 0.1) is 10.2 Å². The molecule has 1 heterocycles. The summed E-state index contributed by atoms with van der Waals surface area (Å²) < 4.78 is 0.951. The molecule has 6 heteroatoms. The van der Waals surface area contributed by atoms with Gasteiger partial charge in [-0.3, -0.25) is 4.79 Å². The first-order valence-electron chi connectivity index (χ1n) is 4.69. The van der Waals surface area contributed by atoms with Crippen LogP contribution in [-0.2, 0) is 11.2 Å². The van der Waals surface area contributed by atoms with Crippen LogP contribution in [0, 0.1) is 0 Å². The SMILES string of the molecule is Nc1nc2ccc(C[C@H](N)C(=O)O)cc2s1. The summed E-state index contributed by atoms with van der Waals surface area (Å²) in [6.07, 6.45) is 0.309. The maximum Gasteiger partial charge on any atom is 0.320 e. The van der Waals surface area contributed by atoms with Gasteiger partial charge in [0, 0.05) is 0 Å². The van der Waals surface area contributed by atoms with E-state index in [4.69, 9.17) is 16.6 Å². The Labute approximate surface area is 95.7 Å². The zero-order valence-electron chi connectivity index (χ0n) is 8.38. The lowest BCUT2D eigenvalue weighted by atomic mass is 10.1. The van der Waals surface area contributed by atoms with Gasteiger partial charge in [0.1, 0.15) is 6.04 Å². The Bertz CT molecular complexity index is 538. The Morgan fingerprint density at radius 1 is 1.56 bits per heavy atom. The molecule has 1 atom stereocenters. The summed E-state index contributed by atoms with van der Waals surface area (Å²) in [5.41, 5.74) is 12.7. The number of fused-ring (bicyclic) bond motifs is 1. The lowest BCUT2D eigenvalue weighted by Crippen LogP contribution is -2.32. The summed E-state index contributed by atoms with van der Waals surface area (Å²) >= 11 is 1.38. The van der Waals surface area contributed by atoms with Crippen LogP contribution in [0.5, 0.6) is 0 Å². The molecule has 0 aliphatic rings. The predicted octanol–water partition coefficient (Wildman–Crippen LogP) is 0.833. The molecular formula is C10H11N3O2S. The molecule has 0 bridgehead atoms. The molecule has 0 unspecified atom stereocenters. The molecule has 0 aliphatic heterocycles. The second kappa shape index (κ2) is 4.07. The maximum absolute atomic E-state index is 10.6. The molecule has 0 amide bonds. The number of hydrogen-bond donors (Lipinski definition) is 3. The van der Waals surface area contributed by atoms with Crippen molar-refractivity contribution >= 4 is 32.7 Å². The fraction of sp³-hybridized carbons (Fsp3) is 0.200. The van der Waals surface area contributed by atoms with Gasteiger partial charge in [-0.1, -0.05) is 17.4 Å². The number of nitrogens with zero attached hydrogens (tertiary/aromatic N) is 1. The fourth-order valence-electron chi connectivity index (χ4n) is 1.46. The summed E-state index contributed by atoms with van der Waals surface area (Å²) in [6.45, 7) is 0. The largest absolute Gasteiger partial charge is 0.480 e. The molecule has 5 nitrogen and oxygen atoms in total. The summed E-state index contributed by atoms with van der Waals surface area (Å²) in [5.74, 6) is -0.996. The van der Waals surface area contributed by atoms with Crippen molar-refractivity contribution in [2.45, 2.75) is 12.5 Å². The highest BCUT2D eigenvalue weighted by molar-refractivity contribution is 7.22. The topological polar surface area (TPSA) is 102 Å². The van der Waals surface area contributed by atoms with E-state index in [9.17, 15) is 4.79 Å². The molecule has 0 aliphatic carbocycles. The molecule has 0 radical (unpaired) electrons. The maximum atomic E-state index is 10.6. The third-order valence-corrected chi connectivity index (χ3v) is 3.09. The van der Waals surface area contributed by atoms with Crippen molar-refractivity contribution in [1.29, 1.82) is 0 Å². The standard InChI is InChI=1S/C10H11N3O2S/c11-6(9(14)15)3-5-1-2-7-8(4-5)16-10(12)13-7/h1-2,4,6H,3,11H2,(H2,12,13)(H,14,15)/t6-/m0/s1. The first kappa shape index (κ1) is 10.8. The van der Waals surface area contributed by atoms with Crippen molar-refractivity contribution in [2.24, 2.45) is 5.73 Å². The van der Waals surface area contributed by atoms with Crippen molar-refractivity contribution in [2.75, 3.05) is 5.73 Å². The van der Waals surface area contributed by atoms with Gasteiger partial charge in [-0.25, -0.2) is 4.98 Å². The van der Waals surface area contributed by atoms with E-state index in [-0.39, 0.29) is 0 Å². The van der Waals surface area contributed by atoms with Gasteiger partial charge in [-0.2, -0.15) is 0 Å². The highest BCUT2D eigenvalue weighted by atomic mass is 32.1. The Morgan fingerprint density at radius 3 is 3.00 bits per heavy atom. The second-order valence-electron chi connectivity index (χ2n) is 3.50. The van der Waals surface area contributed by atoms with Crippen molar-refractivity contribution in [3.05, 3.63) is 23.8 Å². The van der Waals surface area contributed by atoms with Crippen LogP contribution >= 0.6 is 11.3 Å². The van der Waals surface area contributed by atoms with Crippen molar-refractivity contribution < 1.29 is 9.90 Å². The van der Waals surface area contributed by atoms with E-state index in [2.05, 4.69) is 4.98 Å². The smallest absolute Gasteiger partial charge is 0.320 e. The van der Waals surface area contributed by atoms with Crippen LogP contribution in [0.3, 0.4) is 0 Å². The molecule has 5 N–H and O–H groups in total. The molecule has 0 fully saturated rings. The van der Waals surface area contributed by atoms with Crippen LogP contribution in [0.4, 0.5) is 5.13 Å². The van der Waals surface area contributed by atoms with Crippen LogP contribution in [0.2, 0.25) is 0 Å². The van der Waals surface area contributed by atoms with E-state index >= 15 is 0 Å². The minimum Gasteiger partial charge on any atom is -0.480 e. The van der Waals surface area contributed by atoms with Crippen molar-refractivity contribution in [3.63, 3.8) is 0 Å². The Morgan fingerprint density at radius 2 is 2.31 bits per heavy atom. The minimum absolute atomic E-state index is 0.309. The quantitative estimate of drug-likeness (QED) is 0.733. The van der Waals surface area contributed by atoms with E-state index in [0.717, 1.165) is 15.8 Å². The first-order valence-corrected chi connectivity index (χ1v) is 5.51. The highest BCUT2D eigenvalue weighted by Crippen LogP contribution is 2.24. The summed E-state index contributed by atoms with van der Waals surface area (Å²) in [6, 6.07) is 4.66. The number of aromatic nitrogens is 1. The van der Waals surface area contributed by atoms with E-state index in [1.54, 1.807) is 0 Å². The Kier molecular flexibility index (Phi) is 2.76. The summed E-state index contributed by atoms with van der Waals surface area (Å²) in [7, 11) is 0. The third-order valence-electron chi connectivity index (χ3n) is 2.24. The molecule has 84 valence electrons. The van der Waals surface area contributed by atoms with Gasteiger partial charge < -0.3 is 16.6 Å². The van der Waals surface area contributed by atoms with Crippen LogP contribution < -0.4 is 11.5 Å². The van der Waals surface area contributed by atoms with Crippen molar-refractivity contribution in [3.8, 4) is 0 Å². The molecule has 0 spiro atoms. The van der Waals surface area contributed by atoms with Crippen LogP contribution in [0.25, 0.3) is 10.2 Å². The number of aliphatic carboxylic acids is 1. The average molecular weight is 237 g/mol. The molecule has 16 heavy (non-hydrogen) atoms. The molecule has 2 aromatic rings. The van der Waals surface area contributed by atoms with Crippen LogP contribution in [0.1, 0.15) is 5.56 Å². The van der Waals surface area contributed by atoms with Crippen LogP contribution in [-0.4, -0.2) is 22.1 Å². The molecule has 2 rings (SSSR count). The Hall–Kier alpha value is -1.66. The minimum atomic E-state index is -0.996.